The van der Waals surface area contributed by atoms with E-state index in [0.717, 1.165) is 28.4 Å². The third-order valence-electron chi connectivity index (χ3n) is 6.64. The molecule has 196 valence electrons. The van der Waals surface area contributed by atoms with Gasteiger partial charge in [0, 0.05) is 45.5 Å². The molecule has 1 aliphatic heterocycles. The summed E-state index contributed by atoms with van der Waals surface area (Å²) < 4.78 is 7.90. The van der Waals surface area contributed by atoms with Gasteiger partial charge in [-0.2, -0.15) is 0 Å². The van der Waals surface area contributed by atoms with Crippen molar-refractivity contribution in [3.63, 3.8) is 0 Å². The lowest BCUT2D eigenvalue weighted by Crippen LogP contribution is -2.45. The number of halogens is 1. The molecule has 0 unspecified atom stereocenters. The van der Waals surface area contributed by atoms with Gasteiger partial charge in [0.05, 0.1) is 12.3 Å². The molecule has 2 heterocycles. The van der Waals surface area contributed by atoms with Crippen molar-refractivity contribution in [3.8, 4) is 5.75 Å². The highest BCUT2D eigenvalue weighted by atomic mass is 35.5. The summed E-state index contributed by atoms with van der Waals surface area (Å²) in [7, 11) is 0. The summed E-state index contributed by atoms with van der Waals surface area (Å²) in [6.07, 6.45) is 0.288. The Labute approximate surface area is 225 Å². The van der Waals surface area contributed by atoms with Crippen LogP contribution in [0.2, 0.25) is 5.02 Å². The van der Waals surface area contributed by atoms with Crippen LogP contribution in [0.3, 0.4) is 0 Å². The number of aromatic nitrogens is 1. The number of carbonyl (C=O) groups excluding carboxylic acids is 2. The Kier molecular flexibility index (Phi) is 7.51. The number of amides is 2. The monoisotopic (exact) mass is 532 g/mol. The van der Waals surface area contributed by atoms with E-state index in [9.17, 15) is 9.59 Å². The minimum absolute atomic E-state index is 0.198. The van der Waals surface area contributed by atoms with Gasteiger partial charge < -0.3 is 24.4 Å². The molecule has 1 fully saturated rings. The number of nitrogens with one attached hydrogen (secondary N) is 1. The lowest BCUT2D eigenvalue weighted by molar-refractivity contribution is -0.138. The number of anilines is 1. The van der Waals surface area contributed by atoms with Crippen LogP contribution in [0.15, 0.2) is 71.9 Å². The summed E-state index contributed by atoms with van der Waals surface area (Å²) in [5.74, 6) is -0.0842. The second kappa shape index (κ2) is 11.1. The van der Waals surface area contributed by atoms with Crippen molar-refractivity contribution >= 4 is 56.6 Å². The Balaban J connectivity index is 1.36. The molecule has 9 heteroatoms. The van der Waals surface area contributed by atoms with E-state index in [1.807, 2.05) is 37.3 Å². The lowest BCUT2D eigenvalue weighted by atomic mass is 10.1. The number of hydrogen-bond donors (Lipinski definition) is 1. The number of aryl methyl sites for hydroxylation is 1. The first kappa shape index (κ1) is 25.6. The van der Waals surface area contributed by atoms with Gasteiger partial charge in [0.2, 0.25) is 5.91 Å². The number of fused-ring (bicyclic) bond motifs is 3. The fourth-order valence-corrected chi connectivity index (χ4v) is 5.01. The summed E-state index contributed by atoms with van der Waals surface area (Å²) in [5, 5.41) is 9.90. The van der Waals surface area contributed by atoms with Crippen LogP contribution in [0.25, 0.3) is 21.8 Å². The Morgan fingerprint density at radius 3 is 2.55 bits per heavy atom. The molecule has 0 spiro atoms. The molecule has 0 bridgehead atoms. The van der Waals surface area contributed by atoms with Crippen LogP contribution in [-0.4, -0.2) is 52.8 Å². The van der Waals surface area contributed by atoms with Crippen LogP contribution in [-0.2, 0) is 21.0 Å². The Hall–Kier alpha value is -4.04. The van der Waals surface area contributed by atoms with E-state index in [1.54, 1.807) is 24.3 Å². The molecule has 1 aliphatic rings. The second-order valence-corrected chi connectivity index (χ2v) is 9.48. The normalized spacial score (nSPS) is 16.3. The first-order valence-electron chi connectivity index (χ1n) is 12.7. The maximum atomic E-state index is 13.5. The number of ether oxygens (including phenoxy) is 1. The van der Waals surface area contributed by atoms with Crippen LogP contribution in [0.1, 0.15) is 20.3 Å². The van der Waals surface area contributed by atoms with E-state index >= 15 is 0 Å². The molecule has 4 aromatic rings. The minimum atomic E-state index is -0.733. The van der Waals surface area contributed by atoms with Gasteiger partial charge in [-0.15, -0.1) is 0 Å². The standard InChI is InChI=1S/C29H29ClN4O4/c1-3-33-25-8-6-5-7-23(25)24-15-20(11-14-26(24)33)31-29(36)27-16-21(32-38-4-2)17-34(27)28(35)18-37-22-12-9-19(30)10-13-22/h5-15,27H,3-4,16-18H2,1-2H3,(H,31,36)/b32-21+/t27-/m0/s1. The molecular formula is C29H29ClN4O4. The number of likely N-dealkylation sites (tertiary alicyclic amines) is 1. The topological polar surface area (TPSA) is 85.2 Å². The highest BCUT2D eigenvalue weighted by Gasteiger charge is 2.38. The van der Waals surface area contributed by atoms with Gasteiger partial charge in [-0.25, -0.2) is 0 Å². The number of hydrogen-bond acceptors (Lipinski definition) is 5. The maximum absolute atomic E-state index is 13.5. The van der Waals surface area contributed by atoms with Crippen molar-refractivity contribution in [3.05, 3.63) is 71.8 Å². The second-order valence-electron chi connectivity index (χ2n) is 9.04. The fourth-order valence-electron chi connectivity index (χ4n) is 4.88. The van der Waals surface area contributed by atoms with Crippen molar-refractivity contribution in [1.82, 2.24) is 9.47 Å². The first-order chi connectivity index (χ1) is 18.5. The number of para-hydroxylation sites is 1. The Morgan fingerprint density at radius 1 is 1.03 bits per heavy atom. The number of oxime groups is 1. The average Bonchev–Trinajstić information content (AvgIpc) is 3.50. The highest BCUT2D eigenvalue weighted by Crippen LogP contribution is 2.31. The van der Waals surface area contributed by atoms with Gasteiger partial charge in [-0.3, -0.25) is 9.59 Å². The SMILES string of the molecule is CCO/N=C1\C[C@@H](C(=O)Nc2ccc3c(c2)c2ccccc2n3CC)N(C(=O)COc2ccc(Cl)cc2)C1. The zero-order valence-corrected chi connectivity index (χ0v) is 22.1. The summed E-state index contributed by atoms with van der Waals surface area (Å²) in [4.78, 5) is 33.3. The van der Waals surface area contributed by atoms with E-state index in [1.165, 1.54) is 4.90 Å². The molecule has 2 amide bonds. The van der Waals surface area contributed by atoms with E-state index in [2.05, 4.69) is 34.1 Å². The van der Waals surface area contributed by atoms with Gasteiger partial charge in [0.1, 0.15) is 18.4 Å². The zero-order chi connectivity index (χ0) is 26.6. The van der Waals surface area contributed by atoms with E-state index in [4.69, 9.17) is 21.2 Å². The summed E-state index contributed by atoms with van der Waals surface area (Å²) in [6, 6.07) is 20.2. The lowest BCUT2D eigenvalue weighted by Gasteiger charge is -2.23. The van der Waals surface area contributed by atoms with Crippen LogP contribution in [0, 0.1) is 0 Å². The molecule has 5 rings (SSSR count). The molecule has 3 aromatic carbocycles. The molecule has 0 saturated carbocycles. The molecule has 1 saturated heterocycles. The zero-order valence-electron chi connectivity index (χ0n) is 21.3. The predicted molar refractivity (Wildman–Crippen MR) is 150 cm³/mol. The van der Waals surface area contributed by atoms with E-state index in [0.29, 0.717) is 28.8 Å². The first-order valence-corrected chi connectivity index (χ1v) is 13.0. The smallest absolute Gasteiger partial charge is 0.261 e. The molecular weight excluding hydrogens is 504 g/mol. The highest BCUT2D eigenvalue weighted by molar-refractivity contribution is 6.30. The molecule has 1 atom stereocenters. The average molecular weight is 533 g/mol. The molecule has 0 radical (unpaired) electrons. The van der Waals surface area contributed by atoms with Gasteiger partial charge in [-0.05, 0) is 62.4 Å². The summed E-state index contributed by atoms with van der Waals surface area (Å²) >= 11 is 5.92. The van der Waals surface area contributed by atoms with Crippen molar-refractivity contribution < 1.29 is 19.2 Å². The van der Waals surface area contributed by atoms with Crippen LogP contribution in [0.4, 0.5) is 5.69 Å². The molecule has 8 nitrogen and oxygen atoms in total. The third kappa shape index (κ3) is 5.17. The summed E-state index contributed by atoms with van der Waals surface area (Å²) in [6.45, 7) is 5.18. The van der Waals surface area contributed by atoms with Gasteiger partial charge in [0.15, 0.2) is 6.61 Å². The minimum Gasteiger partial charge on any atom is -0.484 e. The van der Waals surface area contributed by atoms with Crippen molar-refractivity contribution in [1.29, 1.82) is 0 Å². The number of carbonyl (C=O) groups is 2. The number of benzene rings is 3. The van der Waals surface area contributed by atoms with Crippen molar-refractivity contribution in [2.45, 2.75) is 32.9 Å². The largest absolute Gasteiger partial charge is 0.484 e. The number of rotatable bonds is 8. The Bertz CT molecular complexity index is 1510. The molecule has 1 N–H and O–H groups in total. The quantitative estimate of drug-likeness (QED) is 0.305. The molecule has 1 aromatic heterocycles. The summed E-state index contributed by atoms with van der Waals surface area (Å²) in [5.41, 5.74) is 3.56. The fraction of sp³-hybridized carbons (Fsp3) is 0.276. The molecule has 38 heavy (non-hydrogen) atoms. The van der Waals surface area contributed by atoms with Gasteiger partial charge in [-0.1, -0.05) is 35.0 Å². The van der Waals surface area contributed by atoms with Crippen molar-refractivity contribution in [2.75, 3.05) is 25.1 Å². The van der Waals surface area contributed by atoms with Crippen LogP contribution < -0.4 is 10.1 Å². The Morgan fingerprint density at radius 2 is 1.79 bits per heavy atom. The van der Waals surface area contributed by atoms with Gasteiger partial charge >= 0.3 is 0 Å². The van der Waals surface area contributed by atoms with Gasteiger partial charge in [0.25, 0.3) is 5.91 Å². The van der Waals surface area contributed by atoms with E-state index < -0.39 is 6.04 Å². The van der Waals surface area contributed by atoms with Crippen LogP contribution in [0.5, 0.6) is 5.75 Å². The predicted octanol–water partition coefficient (Wildman–Crippen LogP) is 5.48. The van der Waals surface area contributed by atoms with Crippen molar-refractivity contribution in [2.24, 2.45) is 5.16 Å². The van der Waals surface area contributed by atoms with Crippen LogP contribution >= 0.6 is 11.6 Å². The third-order valence-corrected chi connectivity index (χ3v) is 6.89. The van der Waals surface area contributed by atoms with E-state index in [-0.39, 0.29) is 31.4 Å². The number of nitrogens with zero attached hydrogens (tertiary/aromatic N) is 3. The maximum Gasteiger partial charge on any atom is 0.261 e. The molecule has 0 aliphatic carbocycles.